The molecule has 0 unspecified atom stereocenters. The van der Waals surface area contributed by atoms with Crippen LogP contribution in [0.15, 0.2) is 29.4 Å². The molecule has 9 heteroatoms. The fourth-order valence-corrected chi connectivity index (χ4v) is 2.67. The van der Waals surface area contributed by atoms with E-state index in [1.165, 1.54) is 0 Å². The second-order valence-corrected chi connectivity index (χ2v) is 5.77. The Hall–Kier alpha value is -2.42. The van der Waals surface area contributed by atoms with Crippen LogP contribution in [-0.4, -0.2) is 31.5 Å². The standard InChI is InChI=1S/C12H12FN3O4S/c1-7-14-6-11(15-7)21(18,19)16-10-5-8(13)3-4-9(10)12(17)20-2/h3-6,16H,1-2H3,(H,14,15). The Morgan fingerprint density at radius 1 is 1.43 bits per heavy atom. The van der Waals surface area contributed by atoms with Gasteiger partial charge in [0.2, 0.25) is 0 Å². The van der Waals surface area contributed by atoms with Gasteiger partial charge < -0.3 is 9.72 Å². The van der Waals surface area contributed by atoms with Gasteiger partial charge in [-0.15, -0.1) is 0 Å². The molecular formula is C12H12FN3O4S. The largest absolute Gasteiger partial charge is 0.465 e. The Balaban J connectivity index is 2.43. The molecule has 2 aromatic rings. The number of hydrogen-bond acceptors (Lipinski definition) is 5. The van der Waals surface area contributed by atoms with Gasteiger partial charge in [-0.05, 0) is 25.1 Å². The maximum atomic E-state index is 13.3. The van der Waals surface area contributed by atoms with E-state index in [1.54, 1.807) is 6.92 Å². The van der Waals surface area contributed by atoms with Gasteiger partial charge >= 0.3 is 5.97 Å². The molecule has 0 bridgehead atoms. The van der Waals surface area contributed by atoms with Crippen LogP contribution in [0.2, 0.25) is 0 Å². The van der Waals surface area contributed by atoms with Crippen LogP contribution in [0.4, 0.5) is 10.1 Å². The molecule has 2 rings (SSSR count). The number of halogens is 1. The number of hydrogen-bond donors (Lipinski definition) is 2. The minimum atomic E-state index is -4.02. The quantitative estimate of drug-likeness (QED) is 0.832. The summed E-state index contributed by atoms with van der Waals surface area (Å²) in [6.45, 7) is 1.58. The van der Waals surface area contributed by atoms with Crippen molar-refractivity contribution < 1.29 is 22.3 Å². The van der Waals surface area contributed by atoms with Crippen LogP contribution in [0.3, 0.4) is 0 Å². The average molecular weight is 313 g/mol. The van der Waals surface area contributed by atoms with E-state index in [0.29, 0.717) is 5.82 Å². The van der Waals surface area contributed by atoms with Gasteiger partial charge in [0.1, 0.15) is 11.6 Å². The fraction of sp³-hybridized carbons (Fsp3) is 0.167. The molecule has 0 atom stereocenters. The van der Waals surface area contributed by atoms with E-state index in [0.717, 1.165) is 31.5 Å². The topological polar surface area (TPSA) is 101 Å². The number of nitrogens with one attached hydrogen (secondary N) is 2. The molecule has 21 heavy (non-hydrogen) atoms. The normalized spacial score (nSPS) is 11.2. The van der Waals surface area contributed by atoms with Crippen molar-refractivity contribution in [2.24, 2.45) is 0 Å². The molecule has 0 saturated heterocycles. The highest BCUT2D eigenvalue weighted by Crippen LogP contribution is 2.21. The van der Waals surface area contributed by atoms with Crippen LogP contribution in [0.1, 0.15) is 16.2 Å². The third-order valence-corrected chi connectivity index (χ3v) is 3.88. The van der Waals surface area contributed by atoms with E-state index in [2.05, 4.69) is 19.4 Å². The molecule has 0 radical (unpaired) electrons. The Morgan fingerprint density at radius 3 is 2.71 bits per heavy atom. The van der Waals surface area contributed by atoms with Gasteiger partial charge in [0, 0.05) is 0 Å². The Morgan fingerprint density at radius 2 is 2.14 bits per heavy atom. The Labute approximate surface area is 120 Å². The molecule has 0 fully saturated rings. The number of nitrogens with zero attached hydrogens (tertiary/aromatic N) is 1. The number of benzene rings is 1. The number of ether oxygens (including phenoxy) is 1. The van der Waals surface area contributed by atoms with Gasteiger partial charge in [-0.3, -0.25) is 4.72 Å². The lowest BCUT2D eigenvalue weighted by molar-refractivity contribution is 0.0602. The summed E-state index contributed by atoms with van der Waals surface area (Å²) < 4.78 is 44.2. The zero-order valence-corrected chi connectivity index (χ0v) is 12.0. The summed E-state index contributed by atoms with van der Waals surface area (Å²) in [6, 6.07) is 3.06. The predicted octanol–water partition coefficient (Wildman–Crippen LogP) is 1.44. The van der Waals surface area contributed by atoms with Gasteiger partial charge in [-0.25, -0.2) is 14.2 Å². The summed E-state index contributed by atoms with van der Waals surface area (Å²) in [7, 11) is -2.87. The third-order valence-electron chi connectivity index (χ3n) is 2.60. The minimum Gasteiger partial charge on any atom is -0.465 e. The number of rotatable bonds is 4. The van der Waals surface area contributed by atoms with Crippen LogP contribution >= 0.6 is 0 Å². The van der Waals surface area contributed by atoms with Crippen molar-refractivity contribution in [1.29, 1.82) is 0 Å². The molecule has 0 aliphatic carbocycles. The zero-order valence-electron chi connectivity index (χ0n) is 11.2. The number of imidazole rings is 1. The minimum absolute atomic E-state index is 0.0984. The summed E-state index contributed by atoms with van der Waals surface area (Å²) in [4.78, 5) is 17.9. The number of esters is 1. The number of H-pyrrole nitrogens is 1. The molecule has 1 aromatic carbocycles. The lowest BCUT2D eigenvalue weighted by Gasteiger charge is -2.10. The van der Waals surface area contributed by atoms with E-state index in [4.69, 9.17) is 0 Å². The summed E-state index contributed by atoms with van der Waals surface area (Å²) in [5.41, 5.74) is -0.312. The monoisotopic (exact) mass is 313 g/mol. The number of aromatic amines is 1. The first-order chi connectivity index (χ1) is 9.83. The van der Waals surface area contributed by atoms with E-state index >= 15 is 0 Å². The van der Waals surface area contributed by atoms with Crippen molar-refractivity contribution in [3.63, 3.8) is 0 Å². The number of aromatic nitrogens is 2. The summed E-state index contributed by atoms with van der Waals surface area (Å²) in [5.74, 6) is -1.07. The SMILES string of the molecule is COC(=O)c1ccc(F)cc1NS(=O)(=O)c1cnc(C)[nH]1. The molecule has 0 spiro atoms. The third kappa shape index (κ3) is 3.19. The predicted molar refractivity (Wildman–Crippen MR) is 71.9 cm³/mol. The first-order valence-corrected chi connectivity index (χ1v) is 7.24. The van der Waals surface area contributed by atoms with Gasteiger partial charge in [0.15, 0.2) is 5.03 Å². The molecule has 0 amide bonds. The first kappa shape index (κ1) is 15.0. The number of carbonyl (C=O) groups excluding carboxylic acids is 1. The Kier molecular flexibility index (Phi) is 3.94. The van der Waals surface area contributed by atoms with E-state index in [-0.39, 0.29) is 16.3 Å². The molecule has 1 aromatic heterocycles. The summed E-state index contributed by atoms with van der Waals surface area (Å²) in [6.07, 6.45) is 1.12. The summed E-state index contributed by atoms with van der Waals surface area (Å²) in [5, 5.41) is -0.194. The van der Waals surface area contributed by atoms with E-state index < -0.39 is 21.8 Å². The van der Waals surface area contributed by atoms with Crippen LogP contribution in [0.5, 0.6) is 0 Å². The fourth-order valence-electron chi connectivity index (χ4n) is 1.62. The number of aryl methyl sites for hydroxylation is 1. The van der Waals surface area contributed by atoms with Crippen LogP contribution < -0.4 is 4.72 Å². The lowest BCUT2D eigenvalue weighted by atomic mass is 10.2. The second kappa shape index (κ2) is 5.52. The molecule has 0 aliphatic heterocycles. The molecule has 1 heterocycles. The average Bonchev–Trinajstić information content (AvgIpc) is 2.85. The maximum Gasteiger partial charge on any atom is 0.339 e. The molecule has 0 saturated carbocycles. The zero-order chi connectivity index (χ0) is 15.6. The molecular weight excluding hydrogens is 301 g/mol. The molecule has 2 N–H and O–H groups in total. The highest BCUT2D eigenvalue weighted by atomic mass is 32.2. The van der Waals surface area contributed by atoms with Gasteiger partial charge in [0.25, 0.3) is 10.0 Å². The maximum absolute atomic E-state index is 13.3. The van der Waals surface area contributed by atoms with Gasteiger partial charge in [-0.1, -0.05) is 0 Å². The van der Waals surface area contributed by atoms with Crippen molar-refractivity contribution in [1.82, 2.24) is 9.97 Å². The first-order valence-electron chi connectivity index (χ1n) is 5.76. The number of sulfonamides is 1. The van der Waals surface area contributed by atoms with Crippen LogP contribution in [-0.2, 0) is 14.8 Å². The lowest BCUT2D eigenvalue weighted by Crippen LogP contribution is -2.16. The number of anilines is 1. The Bertz CT molecular complexity index is 786. The van der Waals surface area contributed by atoms with Crippen molar-refractivity contribution >= 4 is 21.7 Å². The highest BCUT2D eigenvalue weighted by molar-refractivity contribution is 7.92. The second-order valence-electron chi connectivity index (χ2n) is 4.12. The number of methoxy groups -OCH3 is 1. The smallest absolute Gasteiger partial charge is 0.339 e. The summed E-state index contributed by atoms with van der Waals surface area (Å²) >= 11 is 0. The van der Waals surface area contributed by atoms with Crippen molar-refractivity contribution in [2.75, 3.05) is 11.8 Å². The van der Waals surface area contributed by atoms with Gasteiger partial charge in [0.05, 0.1) is 24.6 Å². The van der Waals surface area contributed by atoms with Crippen LogP contribution in [0.25, 0.3) is 0 Å². The van der Waals surface area contributed by atoms with Crippen molar-refractivity contribution in [3.8, 4) is 0 Å². The van der Waals surface area contributed by atoms with Crippen molar-refractivity contribution in [3.05, 3.63) is 41.6 Å². The van der Waals surface area contributed by atoms with E-state index in [9.17, 15) is 17.6 Å². The highest BCUT2D eigenvalue weighted by Gasteiger charge is 2.21. The number of carbonyl (C=O) groups is 1. The molecule has 0 aliphatic rings. The molecule has 112 valence electrons. The molecule has 7 nitrogen and oxygen atoms in total. The van der Waals surface area contributed by atoms with E-state index in [1.807, 2.05) is 0 Å². The van der Waals surface area contributed by atoms with Gasteiger partial charge in [-0.2, -0.15) is 8.42 Å². The van der Waals surface area contributed by atoms with Crippen molar-refractivity contribution in [2.45, 2.75) is 11.9 Å². The van der Waals surface area contributed by atoms with Crippen LogP contribution in [0, 0.1) is 12.7 Å².